The summed E-state index contributed by atoms with van der Waals surface area (Å²) in [5.41, 5.74) is 1.14. The fourth-order valence-electron chi connectivity index (χ4n) is 1.89. The Hall–Kier alpha value is -1.79. The van der Waals surface area contributed by atoms with Crippen molar-refractivity contribution in [1.82, 2.24) is 10.6 Å². The van der Waals surface area contributed by atoms with Crippen LogP contribution in [-0.2, 0) is 15.9 Å². The molecule has 124 valence electrons. The first kappa shape index (κ1) is 18.3. The molecule has 6 nitrogen and oxygen atoms in total. The Morgan fingerprint density at radius 3 is 2.27 bits per heavy atom. The minimum Gasteiger partial charge on any atom is -0.497 e. The molecule has 0 saturated heterocycles. The molecule has 0 unspecified atom stereocenters. The molecule has 22 heavy (non-hydrogen) atoms. The summed E-state index contributed by atoms with van der Waals surface area (Å²) in [6, 6.07) is 7.56. The second-order valence-corrected chi connectivity index (χ2v) is 4.58. The van der Waals surface area contributed by atoms with Crippen LogP contribution >= 0.6 is 0 Å². The zero-order valence-electron chi connectivity index (χ0n) is 13.6. The van der Waals surface area contributed by atoms with Crippen molar-refractivity contribution in [2.45, 2.75) is 26.6 Å². The van der Waals surface area contributed by atoms with Crippen molar-refractivity contribution in [3.8, 4) is 5.75 Å². The second kappa shape index (κ2) is 10.9. The van der Waals surface area contributed by atoms with E-state index in [0.29, 0.717) is 26.3 Å². The number of methoxy groups -OCH3 is 1. The second-order valence-electron chi connectivity index (χ2n) is 4.58. The monoisotopic (exact) mass is 310 g/mol. The van der Waals surface area contributed by atoms with Gasteiger partial charge in [0, 0.05) is 19.8 Å². The van der Waals surface area contributed by atoms with Crippen LogP contribution in [-0.4, -0.2) is 45.7 Å². The number of rotatable bonds is 10. The van der Waals surface area contributed by atoms with E-state index in [9.17, 15) is 4.79 Å². The lowest BCUT2D eigenvalue weighted by atomic mass is 10.1. The van der Waals surface area contributed by atoms with Gasteiger partial charge in [0.25, 0.3) is 0 Å². The quantitative estimate of drug-likeness (QED) is 0.648. The first-order valence-electron chi connectivity index (χ1n) is 7.57. The van der Waals surface area contributed by atoms with Crippen LogP contribution in [0.2, 0.25) is 0 Å². The summed E-state index contributed by atoms with van der Waals surface area (Å²) < 4.78 is 15.8. The van der Waals surface area contributed by atoms with Gasteiger partial charge in [-0.05, 0) is 38.0 Å². The molecule has 0 aromatic heterocycles. The third kappa shape index (κ3) is 7.28. The molecule has 0 saturated carbocycles. The molecule has 0 atom stereocenters. The number of carbonyl (C=O) groups excluding carboxylic acids is 1. The number of nitrogens with one attached hydrogen (secondary N) is 2. The standard InChI is InChI=1S/C16H26N2O4/c1-4-21-15(22-5-2)12-18-16(19)17-11-10-13-6-8-14(20-3)9-7-13/h6-9,15H,4-5,10-12H2,1-3H3,(H2,17,18,19). The molecule has 0 aliphatic rings. The van der Waals surface area contributed by atoms with Crippen molar-refractivity contribution in [1.29, 1.82) is 0 Å². The molecular weight excluding hydrogens is 284 g/mol. The number of benzene rings is 1. The highest BCUT2D eigenvalue weighted by Gasteiger charge is 2.09. The van der Waals surface area contributed by atoms with Crippen molar-refractivity contribution in [3.05, 3.63) is 29.8 Å². The van der Waals surface area contributed by atoms with Crippen molar-refractivity contribution in [3.63, 3.8) is 0 Å². The van der Waals surface area contributed by atoms with Crippen LogP contribution in [0.1, 0.15) is 19.4 Å². The molecule has 1 rings (SSSR count). The van der Waals surface area contributed by atoms with E-state index in [2.05, 4.69) is 10.6 Å². The van der Waals surface area contributed by atoms with E-state index < -0.39 is 6.29 Å². The molecule has 6 heteroatoms. The number of urea groups is 1. The largest absolute Gasteiger partial charge is 0.497 e. The molecule has 0 heterocycles. The molecule has 1 aromatic rings. The molecule has 0 fully saturated rings. The Balaban J connectivity index is 2.21. The van der Waals surface area contributed by atoms with E-state index in [1.807, 2.05) is 38.1 Å². The Morgan fingerprint density at radius 1 is 1.09 bits per heavy atom. The molecule has 0 spiro atoms. The van der Waals surface area contributed by atoms with Gasteiger partial charge in [-0.1, -0.05) is 12.1 Å². The molecule has 0 bridgehead atoms. The van der Waals surface area contributed by atoms with Gasteiger partial charge in [-0.2, -0.15) is 0 Å². The Kier molecular flexibility index (Phi) is 9.02. The van der Waals surface area contributed by atoms with Gasteiger partial charge in [0.1, 0.15) is 5.75 Å². The van der Waals surface area contributed by atoms with Gasteiger partial charge < -0.3 is 24.8 Å². The third-order valence-electron chi connectivity index (χ3n) is 2.99. The van der Waals surface area contributed by atoms with E-state index in [0.717, 1.165) is 17.7 Å². The highest BCUT2D eigenvalue weighted by atomic mass is 16.7. The van der Waals surface area contributed by atoms with Crippen molar-refractivity contribution in [2.24, 2.45) is 0 Å². The van der Waals surface area contributed by atoms with Crippen LogP contribution in [0.3, 0.4) is 0 Å². The van der Waals surface area contributed by atoms with Gasteiger partial charge in [0.05, 0.1) is 13.7 Å². The number of amides is 2. The maximum Gasteiger partial charge on any atom is 0.314 e. The summed E-state index contributed by atoms with van der Waals surface area (Å²) in [6.45, 7) is 5.76. The van der Waals surface area contributed by atoms with Gasteiger partial charge in [-0.3, -0.25) is 0 Å². The molecule has 0 aliphatic carbocycles. The molecule has 2 N–H and O–H groups in total. The molecule has 0 radical (unpaired) electrons. The van der Waals surface area contributed by atoms with E-state index in [1.54, 1.807) is 7.11 Å². The minimum atomic E-state index is -0.401. The zero-order valence-corrected chi connectivity index (χ0v) is 13.6. The lowest BCUT2D eigenvalue weighted by Crippen LogP contribution is -2.42. The number of carbonyl (C=O) groups is 1. The van der Waals surface area contributed by atoms with Crippen LogP contribution in [0, 0.1) is 0 Å². The predicted molar refractivity (Wildman–Crippen MR) is 85.1 cm³/mol. The van der Waals surface area contributed by atoms with Crippen molar-refractivity contribution in [2.75, 3.05) is 33.4 Å². The first-order chi connectivity index (χ1) is 10.7. The van der Waals surface area contributed by atoms with Crippen LogP contribution < -0.4 is 15.4 Å². The molecule has 1 aromatic carbocycles. The lowest BCUT2D eigenvalue weighted by molar-refractivity contribution is -0.131. The number of hydrogen-bond donors (Lipinski definition) is 2. The van der Waals surface area contributed by atoms with Gasteiger partial charge in [0.2, 0.25) is 0 Å². The summed E-state index contributed by atoms with van der Waals surface area (Å²) >= 11 is 0. The summed E-state index contributed by atoms with van der Waals surface area (Å²) in [7, 11) is 1.64. The molecule has 0 aliphatic heterocycles. The summed E-state index contributed by atoms with van der Waals surface area (Å²) in [6.07, 6.45) is 0.361. The molecule has 2 amide bonds. The number of ether oxygens (including phenoxy) is 3. The fraction of sp³-hybridized carbons (Fsp3) is 0.562. The topological polar surface area (TPSA) is 68.8 Å². The van der Waals surface area contributed by atoms with Gasteiger partial charge in [-0.25, -0.2) is 4.79 Å². The Bertz CT molecular complexity index is 417. The van der Waals surface area contributed by atoms with Crippen LogP contribution in [0.15, 0.2) is 24.3 Å². The predicted octanol–water partition coefficient (Wildman–Crippen LogP) is 1.94. The van der Waals surface area contributed by atoms with E-state index in [1.165, 1.54) is 0 Å². The van der Waals surface area contributed by atoms with Crippen LogP contribution in [0.4, 0.5) is 4.79 Å². The van der Waals surface area contributed by atoms with E-state index in [-0.39, 0.29) is 6.03 Å². The molecular formula is C16H26N2O4. The van der Waals surface area contributed by atoms with Crippen molar-refractivity contribution >= 4 is 6.03 Å². The third-order valence-corrected chi connectivity index (χ3v) is 2.99. The zero-order chi connectivity index (χ0) is 16.2. The maximum absolute atomic E-state index is 11.7. The van der Waals surface area contributed by atoms with Crippen molar-refractivity contribution < 1.29 is 19.0 Å². The Labute approximate surface area is 132 Å². The normalized spacial score (nSPS) is 10.5. The van der Waals surface area contributed by atoms with Crippen LogP contribution in [0.25, 0.3) is 0 Å². The Morgan fingerprint density at radius 2 is 1.73 bits per heavy atom. The van der Waals surface area contributed by atoms with Gasteiger partial charge in [-0.15, -0.1) is 0 Å². The average molecular weight is 310 g/mol. The lowest BCUT2D eigenvalue weighted by Gasteiger charge is -2.17. The highest BCUT2D eigenvalue weighted by molar-refractivity contribution is 5.73. The number of hydrogen-bond acceptors (Lipinski definition) is 4. The first-order valence-corrected chi connectivity index (χ1v) is 7.57. The van der Waals surface area contributed by atoms with Gasteiger partial charge in [0.15, 0.2) is 6.29 Å². The summed E-state index contributed by atoms with van der Waals surface area (Å²) in [5.74, 6) is 0.826. The fourth-order valence-corrected chi connectivity index (χ4v) is 1.89. The average Bonchev–Trinajstić information content (AvgIpc) is 2.54. The minimum absolute atomic E-state index is 0.224. The maximum atomic E-state index is 11.7. The highest BCUT2D eigenvalue weighted by Crippen LogP contribution is 2.11. The van der Waals surface area contributed by atoms with E-state index in [4.69, 9.17) is 14.2 Å². The SMILES string of the molecule is CCOC(CNC(=O)NCCc1ccc(OC)cc1)OCC. The summed E-state index contributed by atoms with van der Waals surface area (Å²) in [4.78, 5) is 11.7. The van der Waals surface area contributed by atoms with Gasteiger partial charge >= 0.3 is 6.03 Å². The smallest absolute Gasteiger partial charge is 0.314 e. The summed E-state index contributed by atoms with van der Waals surface area (Å²) in [5, 5.41) is 5.54. The van der Waals surface area contributed by atoms with E-state index >= 15 is 0 Å². The van der Waals surface area contributed by atoms with Crippen LogP contribution in [0.5, 0.6) is 5.75 Å².